The van der Waals surface area contributed by atoms with E-state index >= 15 is 0 Å². The molecular weight excluding hydrogens is 322 g/mol. The van der Waals surface area contributed by atoms with E-state index in [9.17, 15) is 0 Å². The maximum Gasteiger partial charge on any atom is 0.0369 e. The molecule has 0 radical (unpaired) electrons. The topological polar surface area (TPSA) is 12.0 Å². The van der Waals surface area contributed by atoms with Gasteiger partial charge in [-0.3, -0.25) is 0 Å². The smallest absolute Gasteiger partial charge is 0.0369 e. The number of nitrogens with one attached hydrogen (secondary N) is 1. The number of benzene rings is 3. The molecule has 0 saturated carbocycles. The zero-order valence-corrected chi connectivity index (χ0v) is 13.6. The lowest BCUT2D eigenvalue weighted by Crippen LogP contribution is -2.19. The van der Waals surface area contributed by atoms with Crippen LogP contribution in [-0.4, -0.2) is 7.05 Å². The summed E-state index contributed by atoms with van der Waals surface area (Å²) in [5.41, 5.74) is 2.65. The van der Waals surface area contributed by atoms with Crippen LogP contribution in [0.2, 0.25) is 0 Å². The van der Waals surface area contributed by atoms with Crippen molar-refractivity contribution in [2.45, 2.75) is 12.5 Å². The highest BCUT2D eigenvalue weighted by molar-refractivity contribution is 9.10. The van der Waals surface area contributed by atoms with Gasteiger partial charge in [0.15, 0.2) is 0 Å². The van der Waals surface area contributed by atoms with E-state index in [1.165, 1.54) is 21.9 Å². The van der Waals surface area contributed by atoms with E-state index < -0.39 is 0 Å². The third-order valence-electron chi connectivity index (χ3n) is 3.88. The standard InChI is InChI=1S/C19H18BrN/c1-21-19(17-8-4-5-9-18(17)20)13-14-10-11-15-6-2-3-7-16(15)12-14/h2-12,19,21H,13H2,1H3. The fourth-order valence-corrected chi connectivity index (χ4v) is 3.29. The second kappa shape index (κ2) is 6.42. The first-order valence-corrected chi connectivity index (χ1v) is 7.96. The van der Waals surface area contributed by atoms with Crippen molar-refractivity contribution in [2.75, 3.05) is 7.05 Å². The highest BCUT2D eigenvalue weighted by atomic mass is 79.9. The van der Waals surface area contributed by atoms with E-state index in [0.29, 0.717) is 6.04 Å². The fraction of sp³-hybridized carbons (Fsp3) is 0.158. The zero-order valence-electron chi connectivity index (χ0n) is 12.0. The average Bonchev–Trinajstić information content (AvgIpc) is 2.53. The van der Waals surface area contributed by atoms with Gasteiger partial charge in [-0.25, -0.2) is 0 Å². The minimum Gasteiger partial charge on any atom is -0.313 e. The molecule has 0 amide bonds. The summed E-state index contributed by atoms with van der Waals surface area (Å²) in [6.07, 6.45) is 0.976. The summed E-state index contributed by atoms with van der Waals surface area (Å²) >= 11 is 3.65. The summed E-state index contributed by atoms with van der Waals surface area (Å²) in [6, 6.07) is 23.9. The summed E-state index contributed by atoms with van der Waals surface area (Å²) in [5, 5.41) is 6.02. The van der Waals surface area contributed by atoms with Crippen molar-refractivity contribution < 1.29 is 0 Å². The molecule has 0 aliphatic carbocycles. The highest BCUT2D eigenvalue weighted by Crippen LogP contribution is 2.26. The van der Waals surface area contributed by atoms with Crippen LogP contribution in [0.25, 0.3) is 10.8 Å². The molecule has 106 valence electrons. The Morgan fingerprint density at radius 3 is 2.38 bits per heavy atom. The van der Waals surface area contributed by atoms with Crippen LogP contribution in [0.5, 0.6) is 0 Å². The molecule has 0 saturated heterocycles. The second-order valence-corrected chi connectivity index (χ2v) is 6.10. The van der Waals surface area contributed by atoms with Crippen molar-refractivity contribution in [3.05, 3.63) is 82.3 Å². The molecule has 0 fully saturated rings. The Kier molecular flexibility index (Phi) is 4.37. The maximum atomic E-state index is 3.65. The summed E-state index contributed by atoms with van der Waals surface area (Å²) in [6.45, 7) is 0. The third kappa shape index (κ3) is 3.17. The Labute approximate surface area is 134 Å². The molecule has 21 heavy (non-hydrogen) atoms. The molecule has 1 N–H and O–H groups in total. The average molecular weight is 340 g/mol. The zero-order chi connectivity index (χ0) is 14.7. The molecule has 0 bridgehead atoms. The number of halogens is 1. The van der Waals surface area contributed by atoms with Crippen LogP contribution < -0.4 is 5.32 Å². The Bertz CT molecular complexity index is 751. The van der Waals surface area contributed by atoms with Gasteiger partial charge in [-0.2, -0.15) is 0 Å². The van der Waals surface area contributed by atoms with Crippen molar-refractivity contribution in [1.29, 1.82) is 0 Å². The van der Waals surface area contributed by atoms with Gasteiger partial charge in [-0.15, -0.1) is 0 Å². The van der Waals surface area contributed by atoms with Gasteiger partial charge in [-0.1, -0.05) is 76.6 Å². The summed E-state index contributed by atoms with van der Waals surface area (Å²) < 4.78 is 1.16. The molecule has 3 rings (SSSR count). The van der Waals surface area contributed by atoms with E-state index in [1.807, 2.05) is 7.05 Å². The Balaban J connectivity index is 1.90. The largest absolute Gasteiger partial charge is 0.313 e. The van der Waals surface area contributed by atoms with Crippen molar-refractivity contribution in [2.24, 2.45) is 0 Å². The first-order chi connectivity index (χ1) is 10.3. The molecular formula is C19H18BrN. The van der Waals surface area contributed by atoms with Crippen molar-refractivity contribution in [3.63, 3.8) is 0 Å². The summed E-state index contributed by atoms with van der Waals surface area (Å²) in [5.74, 6) is 0. The van der Waals surface area contributed by atoms with Crippen molar-refractivity contribution in [1.82, 2.24) is 5.32 Å². The number of hydrogen-bond acceptors (Lipinski definition) is 1. The molecule has 3 aromatic rings. The predicted molar refractivity (Wildman–Crippen MR) is 93.6 cm³/mol. The van der Waals surface area contributed by atoms with E-state index in [2.05, 4.69) is 88.0 Å². The Hall–Kier alpha value is -1.64. The highest BCUT2D eigenvalue weighted by Gasteiger charge is 2.13. The summed E-state index contributed by atoms with van der Waals surface area (Å²) in [7, 11) is 2.02. The molecule has 1 atom stereocenters. The van der Waals surface area contributed by atoms with Crippen LogP contribution in [0.4, 0.5) is 0 Å². The van der Waals surface area contributed by atoms with Gasteiger partial charge in [0.05, 0.1) is 0 Å². The van der Waals surface area contributed by atoms with Crippen LogP contribution in [0.15, 0.2) is 71.2 Å². The molecule has 2 heteroatoms. The first-order valence-electron chi connectivity index (χ1n) is 7.17. The first kappa shape index (κ1) is 14.3. The van der Waals surface area contributed by atoms with E-state index in [1.54, 1.807) is 0 Å². The van der Waals surface area contributed by atoms with Gasteiger partial charge in [0, 0.05) is 10.5 Å². The number of rotatable bonds is 4. The molecule has 0 aliphatic heterocycles. The lowest BCUT2D eigenvalue weighted by Gasteiger charge is -2.18. The van der Waals surface area contributed by atoms with Gasteiger partial charge in [-0.05, 0) is 41.4 Å². The normalized spacial score (nSPS) is 12.5. The number of hydrogen-bond donors (Lipinski definition) is 1. The molecule has 0 aromatic heterocycles. The van der Waals surface area contributed by atoms with Crippen molar-refractivity contribution in [3.8, 4) is 0 Å². The Morgan fingerprint density at radius 2 is 1.62 bits per heavy atom. The third-order valence-corrected chi connectivity index (χ3v) is 4.60. The lowest BCUT2D eigenvalue weighted by atomic mass is 9.97. The molecule has 0 spiro atoms. The molecule has 1 unspecified atom stereocenters. The monoisotopic (exact) mass is 339 g/mol. The van der Waals surface area contributed by atoms with Crippen LogP contribution in [0.1, 0.15) is 17.2 Å². The predicted octanol–water partition coefficient (Wildman–Crippen LogP) is 5.11. The molecule has 1 nitrogen and oxygen atoms in total. The maximum absolute atomic E-state index is 3.65. The molecule has 0 aliphatic rings. The van der Waals surface area contributed by atoms with Crippen LogP contribution in [0, 0.1) is 0 Å². The molecule has 0 heterocycles. The Morgan fingerprint density at radius 1 is 0.905 bits per heavy atom. The summed E-state index contributed by atoms with van der Waals surface area (Å²) in [4.78, 5) is 0. The number of likely N-dealkylation sites (N-methyl/N-ethyl adjacent to an activating group) is 1. The minimum absolute atomic E-state index is 0.307. The van der Waals surface area contributed by atoms with Gasteiger partial charge < -0.3 is 5.32 Å². The van der Waals surface area contributed by atoms with Gasteiger partial charge in [0.2, 0.25) is 0 Å². The SMILES string of the molecule is CNC(Cc1ccc2ccccc2c1)c1ccccc1Br. The van der Waals surface area contributed by atoms with Crippen molar-refractivity contribution >= 4 is 26.7 Å². The molecule has 3 aromatic carbocycles. The quantitative estimate of drug-likeness (QED) is 0.696. The van der Waals surface area contributed by atoms with E-state index in [4.69, 9.17) is 0 Å². The van der Waals surface area contributed by atoms with Gasteiger partial charge in [0.1, 0.15) is 0 Å². The van der Waals surface area contributed by atoms with Crippen LogP contribution in [0.3, 0.4) is 0 Å². The van der Waals surface area contributed by atoms with E-state index in [0.717, 1.165) is 10.9 Å². The number of fused-ring (bicyclic) bond motifs is 1. The fourth-order valence-electron chi connectivity index (χ4n) is 2.73. The second-order valence-electron chi connectivity index (χ2n) is 5.25. The van der Waals surface area contributed by atoms with Crippen LogP contribution in [-0.2, 0) is 6.42 Å². The van der Waals surface area contributed by atoms with Gasteiger partial charge >= 0.3 is 0 Å². The van der Waals surface area contributed by atoms with Crippen LogP contribution >= 0.6 is 15.9 Å². The van der Waals surface area contributed by atoms with E-state index in [-0.39, 0.29) is 0 Å². The minimum atomic E-state index is 0.307. The van der Waals surface area contributed by atoms with Gasteiger partial charge in [0.25, 0.3) is 0 Å². The lowest BCUT2D eigenvalue weighted by molar-refractivity contribution is 0.590.